The standard InChI is InChI=1S/C34H38N6O7S/c1-21-14-26(45-3)27(17-25(21)35-18-24-8-5-6-12-40(24)20-41)47-13-7-9-31(42)37-30-19-39(2)32(38-30)33(43)36-23-10-11-28-22(15-23)16-29(48-28)34(44)46-4/h10-11,14-20,24H,5-9,12-13H2,1-4H3,(H,36,43)(H,37,42). The number of benzene rings is 2. The summed E-state index contributed by atoms with van der Waals surface area (Å²) in [5, 5.41) is 6.35. The molecule has 2 N–H and O–H groups in total. The highest BCUT2D eigenvalue weighted by Gasteiger charge is 2.20. The van der Waals surface area contributed by atoms with E-state index < -0.39 is 11.9 Å². The van der Waals surface area contributed by atoms with Crippen LogP contribution in [-0.2, 0) is 21.4 Å². The first-order valence-electron chi connectivity index (χ1n) is 15.5. The van der Waals surface area contributed by atoms with Crippen molar-refractivity contribution in [2.45, 2.75) is 45.1 Å². The number of hydrogen-bond acceptors (Lipinski definition) is 10. The number of piperidine rings is 1. The average Bonchev–Trinajstić information content (AvgIpc) is 3.68. The van der Waals surface area contributed by atoms with E-state index in [0.717, 1.165) is 53.6 Å². The zero-order valence-corrected chi connectivity index (χ0v) is 28.1. The lowest BCUT2D eigenvalue weighted by Gasteiger charge is -2.29. The number of amides is 3. The molecule has 1 saturated heterocycles. The Morgan fingerprint density at radius 1 is 1.10 bits per heavy atom. The van der Waals surface area contributed by atoms with Gasteiger partial charge in [-0.1, -0.05) is 0 Å². The molecule has 2 aromatic carbocycles. The zero-order valence-electron chi connectivity index (χ0n) is 27.3. The molecule has 4 aromatic rings. The number of carbonyl (C=O) groups excluding carboxylic acids is 4. The molecule has 14 heteroatoms. The molecule has 3 amide bonds. The van der Waals surface area contributed by atoms with Gasteiger partial charge in [0, 0.05) is 48.9 Å². The van der Waals surface area contributed by atoms with Crippen LogP contribution in [0.5, 0.6) is 11.5 Å². The molecule has 2 aromatic heterocycles. The van der Waals surface area contributed by atoms with Gasteiger partial charge < -0.3 is 34.3 Å². The highest BCUT2D eigenvalue weighted by molar-refractivity contribution is 7.20. The van der Waals surface area contributed by atoms with Crippen LogP contribution < -0.4 is 20.1 Å². The lowest BCUT2D eigenvalue weighted by atomic mass is 10.0. The highest BCUT2D eigenvalue weighted by Crippen LogP contribution is 2.35. The molecule has 3 heterocycles. The van der Waals surface area contributed by atoms with Crippen molar-refractivity contribution in [3.63, 3.8) is 0 Å². The Labute approximate surface area is 281 Å². The fourth-order valence-electron chi connectivity index (χ4n) is 5.37. The van der Waals surface area contributed by atoms with Gasteiger partial charge in [-0.2, -0.15) is 0 Å². The summed E-state index contributed by atoms with van der Waals surface area (Å²) in [6, 6.07) is 10.7. The van der Waals surface area contributed by atoms with Gasteiger partial charge in [-0.25, -0.2) is 9.78 Å². The Bertz CT molecular complexity index is 1850. The number of hydrogen-bond donors (Lipinski definition) is 2. The normalized spacial score (nSPS) is 14.6. The maximum Gasteiger partial charge on any atom is 0.348 e. The number of aromatic nitrogens is 2. The molecule has 0 radical (unpaired) electrons. The van der Waals surface area contributed by atoms with Crippen molar-refractivity contribution in [3.05, 3.63) is 58.9 Å². The number of rotatable bonds is 13. The minimum absolute atomic E-state index is 0.0317. The molecule has 1 unspecified atom stereocenters. The summed E-state index contributed by atoms with van der Waals surface area (Å²) in [5.74, 6) is 0.283. The SMILES string of the molecule is COC(=O)c1cc2cc(NC(=O)c3nc(NC(=O)CCCOc4cc(N=CC5CCCCN5C=O)c(C)cc4OC)cn3C)ccc2s1. The third-order valence-corrected chi connectivity index (χ3v) is 9.01. The van der Waals surface area contributed by atoms with Crippen LogP contribution in [-0.4, -0.2) is 78.3 Å². The van der Waals surface area contributed by atoms with Gasteiger partial charge in [0.25, 0.3) is 5.91 Å². The van der Waals surface area contributed by atoms with E-state index in [1.807, 2.05) is 25.3 Å². The van der Waals surface area contributed by atoms with Gasteiger partial charge in [0.2, 0.25) is 18.1 Å². The van der Waals surface area contributed by atoms with E-state index in [2.05, 4.69) is 20.6 Å². The first kappa shape index (κ1) is 34.1. The Hall–Kier alpha value is -5.24. The first-order valence-corrected chi connectivity index (χ1v) is 16.3. The predicted octanol–water partition coefficient (Wildman–Crippen LogP) is 5.50. The Morgan fingerprint density at radius 3 is 2.71 bits per heavy atom. The number of thiophene rings is 1. The van der Waals surface area contributed by atoms with Gasteiger partial charge in [0.1, 0.15) is 4.88 Å². The number of fused-ring (bicyclic) bond motifs is 1. The maximum atomic E-state index is 13.0. The monoisotopic (exact) mass is 674 g/mol. The number of ether oxygens (including phenoxy) is 3. The van der Waals surface area contributed by atoms with Crippen LogP contribution in [0.4, 0.5) is 17.2 Å². The molecule has 0 bridgehead atoms. The van der Waals surface area contributed by atoms with E-state index in [1.54, 1.807) is 49.5 Å². The van der Waals surface area contributed by atoms with Crippen LogP contribution in [0.1, 0.15) is 58.0 Å². The first-order chi connectivity index (χ1) is 23.2. The fraction of sp³-hybridized carbons (Fsp3) is 0.353. The molecule has 48 heavy (non-hydrogen) atoms. The summed E-state index contributed by atoms with van der Waals surface area (Å²) in [7, 11) is 4.56. The molecule has 0 aliphatic carbocycles. The Kier molecular flexibility index (Phi) is 11.1. The van der Waals surface area contributed by atoms with Crippen LogP contribution in [0.3, 0.4) is 0 Å². The van der Waals surface area contributed by atoms with E-state index in [0.29, 0.717) is 28.5 Å². The van der Waals surface area contributed by atoms with Crippen molar-refractivity contribution in [3.8, 4) is 11.5 Å². The molecule has 5 rings (SSSR count). The van der Waals surface area contributed by atoms with Gasteiger partial charge in [0.05, 0.1) is 32.6 Å². The molecule has 0 spiro atoms. The second kappa shape index (κ2) is 15.6. The van der Waals surface area contributed by atoms with Gasteiger partial charge in [0.15, 0.2) is 17.3 Å². The molecule has 1 fully saturated rings. The number of esters is 1. The largest absolute Gasteiger partial charge is 0.493 e. The second-order valence-corrected chi connectivity index (χ2v) is 12.4. The Balaban J connectivity index is 1.13. The number of methoxy groups -OCH3 is 2. The quantitative estimate of drug-likeness (QED) is 0.0816. The molecule has 1 aliphatic rings. The number of aliphatic imine (C=N–C) groups is 1. The van der Waals surface area contributed by atoms with Crippen molar-refractivity contribution < 1.29 is 33.4 Å². The molecular weight excluding hydrogens is 636 g/mol. The third kappa shape index (κ3) is 8.18. The van der Waals surface area contributed by atoms with Crippen LogP contribution in [0.25, 0.3) is 10.1 Å². The van der Waals surface area contributed by atoms with Gasteiger partial charge in [-0.05, 0) is 73.9 Å². The number of carbonyl (C=O) groups is 4. The highest BCUT2D eigenvalue weighted by atomic mass is 32.1. The summed E-state index contributed by atoms with van der Waals surface area (Å²) in [4.78, 5) is 60.1. The molecule has 13 nitrogen and oxygen atoms in total. The zero-order chi connectivity index (χ0) is 34.2. The number of imidazole rings is 1. The van der Waals surface area contributed by atoms with Crippen LogP contribution >= 0.6 is 11.3 Å². The number of aryl methyl sites for hydroxylation is 2. The number of nitrogens with zero attached hydrogens (tertiary/aromatic N) is 4. The van der Waals surface area contributed by atoms with E-state index in [9.17, 15) is 19.2 Å². The van der Waals surface area contributed by atoms with E-state index >= 15 is 0 Å². The van der Waals surface area contributed by atoms with Crippen molar-refractivity contribution in [2.75, 3.05) is 38.0 Å². The Morgan fingerprint density at radius 2 is 1.94 bits per heavy atom. The van der Waals surface area contributed by atoms with Crippen LogP contribution in [0.15, 0.2) is 47.6 Å². The molecule has 0 saturated carbocycles. The minimum Gasteiger partial charge on any atom is -0.493 e. The smallest absolute Gasteiger partial charge is 0.348 e. The third-order valence-electron chi connectivity index (χ3n) is 7.91. The summed E-state index contributed by atoms with van der Waals surface area (Å²) in [6.07, 6.45) is 7.77. The number of nitrogens with one attached hydrogen (secondary N) is 2. The van der Waals surface area contributed by atoms with E-state index in [1.165, 1.54) is 23.0 Å². The van der Waals surface area contributed by atoms with E-state index in [4.69, 9.17) is 14.2 Å². The van der Waals surface area contributed by atoms with Crippen LogP contribution in [0.2, 0.25) is 0 Å². The minimum atomic E-state index is -0.454. The molecule has 252 valence electrons. The lowest BCUT2D eigenvalue weighted by Crippen LogP contribution is -2.39. The number of likely N-dealkylation sites (tertiary alicyclic amines) is 1. The topological polar surface area (TPSA) is 153 Å². The predicted molar refractivity (Wildman–Crippen MR) is 184 cm³/mol. The summed E-state index contributed by atoms with van der Waals surface area (Å²) < 4.78 is 18.7. The molecular formula is C34H38N6O7S. The van der Waals surface area contributed by atoms with Crippen molar-refractivity contribution in [1.29, 1.82) is 0 Å². The second-order valence-electron chi connectivity index (χ2n) is 11.3. The number of anilines is 2. The molecule has 1 atom stereocenters. The maximum absolute atomic E-state index is 13.0. The van der Waals surface area contributed by atoms with Gasteiger partial charge in [-0.15, -0.1) is 11.3 Å². The van der Waals surface area contributed by atoms with Gasteiger partial charge in [-0.3, -0.25) is 19.4 Å². The lowest BCUT2D eigenvalue weighted by molar-refractivity contribution is -0.120. The summed E-state index contributed by atoms with van der Waals surface area (Å²) in [6.45, 7) is 2.92. The molecule has 1 aliphatic heterocycles. The average molecular weight is 675 g/mol. The fourth-order valence-corrected chi connectivity index (χ4v) is 6.33. The van der Waals surface area contributed by atoms with Crippen LogP contribution in [0, 0.1) is 6.92 Å². The summed E-state index contributed by atoms with van der Waals surface area (Å²) >= 11 is 1.31. The van der Waals surface area contributed by atoms with Crippen molar-refractivity contribution >= 4 is 69.0 Å². The van der Waals surface area contributed by atoms with E-state index in [-0.39, 0.29) is 36.6 Å². The van der Waals surface area contributed by atoms with Crippen molar-refractivity contribution in [1.82, 2.24) is 14.5 Å². The van der Waals surface area contributed by atoms with Gasteiger partial charge >= 0.3 is 5.97 Å². The van der Waals surface area contributed by atoms with Crippen molar-refractivity contribution in [2.24, 2.45) is 12.0 Å². The summed E-state index contributed by atoms with van der Waals surface area (Å²) in [5.41, 5.74) is 2.16.